The van der Waals surface area contributed by atoms with Crippen LogP contribution >= 0.6 is 11.3 Å². The number of aryl methyl sites for hydroxylation is 1. The van der Waals surface area contributed by atoms with Gasteiger partial charge in [0.05, 0.1) is 5.69 Å². The molecule has 3 heterocycles. The Bertz CT molecular complexity index is 1040. The predicted octanol–water partition coefficient (Wildman–Crippen LogP) is 1.94. The van der Waals surface area contributed by atoms with Gasteiger partial charge in [0.1, 0.15) is 5.75 Å². The molecule has 1 aliphatic rings. The summed E-state index contributed by atoms with van der Waals surface area (Å²) in [6, 6.07) is 9.04. The highest BCUT2D eigenvalue weighted by molar-refractivity contribution is 7.20. The van der Waals surface area contributed by atoms with Gasteiger partial charge in [0.25, 0.3) is 11.5 Å². The van der Waals surface area contributed by atoms with Crippen LogP contribution in [0.2, 0.25) is 0 Å². The number of carbonyl (C=O) groups excluding carboxylic acids is 1. The summed E-state index contributed by atoms with van der Waals surface area (Å²) in [4.78, 5) is 31.0. The van der Waals surface area contributed by atoms with Crippen molar-refractivity contribution in [2.45, 2.75) is 19.8 Å². The first kappa shape index (κ1) is 17.5. The van der Waals surface area contributed by atoms with Crippen LogP contribution < -0.4 is 20.5 Å². The molecule has 27 heavy (non-hydrogen) atoms. The number of para-hydroxylation sites is 2. The number of aromatic nitrogens is 3. The molecule has 0 fully saturated rings. The fraction of sp³-hybridized carbons (Fsp3) is 0.333. The van der Waals surface area contributed by atoms with Gasteiger partial charge in [0, 0.05) is 24.8 Å². The predicted molar refractivity (Wildman–Crippen MR) is 104 cm³/mol. The maximum atomic E-state index is 12.2. The lowest BCUT2D eigenvalue weighted by Crippen LogP contribution is -2.39. The van der Waals surface area contributed by atoms with E-state index in [1.807, 2.05) is 31.2 Å². The van der Waals surface area contributed by atoms with Crippen LogP contribution in [0.4, 0.5) is 10.8 Å². The van der Waals surface area contributed by atoms with Crippen LogP contribution in [0.25, 0.3) is 4.96 Å². The molecule has 140 valence electrons. The van der Waals surface area contributed by atoms with E-state index in [9.17, 15) is 9.59 Å². The van der Waals surface area contributed by atoms with E-state index >= 15 is 0 Å². The van der Waals surface area contributed by atoms with Gasteiger partial charge >= 0.3 is 0 Å². The Kier molecular flexibility index (Phi) is 4.76. The number of ether oxygens (including phenoxy) is 1. The zero-order chi connectivity index (χ0) is 18.8. The van der Waals surface area contributed by atoms with Crippen LogP contribution in [-0.2, 0) is 11.2 Å². The molecule has 1 aromatic carbocycles. The van der Waals surface area contributed by atoms with Gasteiger partial charge in [-0.1, -0.05) is 30.4 Å². The highest BCUT2D eigenvalue weighted by atomic mass is 32.1. The molecule has 9 heteroatoms. The van der Waals surface area contributed by atoms with Gasteiger partial charge in [0.15, 0.2) is 6.61 Å². The molecule has 0 unspecified atom stereocenters. The molecule has 0 saturated carbocycles. The van der Waals surface area contributed by atoms with Gasteiger partial charge in [-0.15, -0.1) is 5.10 Å². The lowest BCUT2D eigenvalue weighted by atomic mass is 10.2. The topological polar surface area (TPSA) is 88.8 Å². The number of amides is 1. The molecule has 0 radical (unpaired) electrons. The number of benzene rings is 1. The minimum absolute atomic E-state index is 0.0449. The Morgan fingerprint density at radius 1 is 1.30 bits per heavy atom. The van der Waals surface area contributed by atoms with Crippen LogP contribution in [0, 0.1) is 0 Å². The van der Waals surface area contributed by atoms with Gasteiger partial charge in [0.2, 0.25) is 10.1 Å². The number of rotatable bonds is 6. The Labute approximate surface area is 159 Å². The average Bonchev–Trinajstić information content (AvgIpc) is 3.10. The molecule has 0 aliphatic carbocycles. The van der Waals surface area contributed by atoms with E-state index in [1.54, 1.807) is 4.90 Å². The SMILES string of the molecule is CCc1cc(=O)n2nc(NCCCN3C(=O)COc4ccccc43)sc2n1. The zero-order valence-corrected chi connectivity index (χ0v) is 15.7. The van der Waals surface area contributed by atoms with Crippen molar-refractivity contribution < 1.29 is 9.53 Å². The van der Waals surface area contributed by atoms with E-state index < -0.39 is 0 Å². The van der Waals surface area contributed by atoms with E-state index in [1.165, 1.54) is 21.9 Å². The Morgan fingerprint density at radius 2 is 2.15 bits per heavy atom. The van der Waals surface area contributed by atoms with Gasteiger partial charge < -0.3 is 15.0 Å². The van der Waals surface area contributed by atoms with Crippen molar-refractivity contribution in [1.29, 1.82) is 0 Å². The maximum absolute atomic E-state index is 12.2. The summed E-state index contributed by atoms with van der Waals surface area (Å²) in [5.41, 5.74) is 1.40. The van der Waals surface area contributed by atoms with Crippen LogP contribution in [0.5, 0.6) is 5.75 Å². The molecule has 1 N–H and O–H groups in total. The number of hydrogen-bond donors (Lipinski definition) is 1. The fourth-order valence-corrected chi connectivity index (χ4v) is 3.79. The third-order valence-corrected chi connectivity index (χ3v) is 5.17. The smallest absolute Gasteiger partial charge is 0.275 e. The molecule has 3 aromatic rings. The Hall–Kier alpha value is -2.94. The highest BCUT2D eigenvalue weighted by Gasteiger charge is 2.24. The second-order valence-electron chi connectivity index (χ2n) is 6.12. The first-order valence-electron chi connectivity index (χ1n) is 8.81. The van der Waals surface area contributed by atoms with Crippen LogP contribution in [0.3, 0.4) is 0 Å². The van der Waals surface area contributed by atoms with E-state index in [0.717, 1.165) is 23.6 Å². The van der Waals surface area contributed by atoms with Gasteiger partial charge in [-0.3, -0.25) is 9.59 Å². The van der Waals surface area contributed by atoms with E-state index in [2.05, 4.69) is 15.4 Å². The standard InChI is InChI=1S/C18H19N5O3S/c1-2-12-10-15(24)23-18(20-12)27-17(21-23)19-8-5-9-22-13-6-3-4-7-14(13)26-11-16(22)25/h3-4,6-7,10H,2,5,8-9,11H2,1H3,(H,19,21). The second-order valence-corrected chi connectivity index (χ2v) is 7.08. The summed E-state index contributed by atoms with van der Waals surface area (Å²) in [5.74, 6) is 0.685. The molecular weight excluding hydrogens is 366 g/mol. The van der Waals surface area contributed by atoms with Crippen LogP contribution in [0.1, 0.15) is 19.0 Å². The molecule has 0 saturated heterocycles. The van der Waals surface area contributed by atoms with Gasteiger partial charge in [-0.05, 0) is 25.0 Å². The molecule has 0 spiro atoms. The second kappa shape index (κ2) is 7.36. The van der Waals surface area contributed by atoms with Crippen molar-refractivity contribution in [3.05, 3.63) is 46.4 Å². The van der Waals surface area contributed by atoms with E-state index in [0.29, 0.717) is 29.6 Å². The first-order valence-corrected chi connectivity index (χ1v) is 9.63. The molecule has 1 amide bonds. The summed E-state index contributed by atoms with van der Waals surface area (Å²) in [7, 11) is 0. The van der Waals surface area contributed by atoms with Crippen LogP contribution in [0.15, 0.2) is 35.1 Å². The van der Waals surface area contributed by atoms with Crippen LogP contribution in [-0.4, -0.2) is 40.2 Å². The fourth-order valence-electron chi connectivity index (χ4n) is 2.94. The summed E-state index contributed by atoms with van der Waals surface area (Å²) in [6.07, 6.45) is 1.44. The van der Waals surface area contributed by atoms with Crippen molar-refractivity contribution in [2.75, 3.05) is 29.9 Å². The molecule has 1 aliphatic heterocycles. The molecular formula is C18H19N5O3S. The summed E-state index contributed by atoms with van der Waals surface area (Å²) >= 11 is 1.35. The maximum Gasteiger partial charge on any atom is 0.275 e. The number of nitrogens with one attached hydrogen (secondary N) is 1. The molecule has 2 aromatic heterocycles. The minimum Gasteiger partial charge on any atom is -0.482 e. The van der Waals surface area contributed by atoms with Gasteiger partial charge in [-0.25, -0.2) is 4.98 Å². The number of anilines is 2. The summed E-state index contributed by atoms with van der Waals surface area (Å²) in [5, 5.41) is 8.13. The van der Waals surface area contributed by atoms with Crippen molar-refractivity contribution in [2.24, 2.45) is 0 Å². The third-order valence-electron chi connectivity index (χ3n) is 4.30. The Morgan fingerprint density at radius 3 is 3.00 bits per heavy atom. The van der Waals surface area contributed by atoms with E-state index in [-0.39, 0.29) is 18.1 Å². The largest absolute Gasteiger partial charge is 0.482 e. The third kappa shape index (κ3) is 3.50. The number of nitrogens with zero attached hydrogens (tertiary/aromatic N) is 4. The molecule has 0 atom stereocenters. The van der Waals surface area contributed by atoms with Gasteiger partial charge in [-0.2, -0.15) is 4.52 Å². The van der Waals surface area contributed by atoms with Crippen molar-refractivity contribution >= 4 is 33.0 Å². The Balaban J connectivity index is 1.39. The number of fused-ring (bicyclic) bond motifs is 2. The van der Waals surface area contributed by atoms with Crippen molar-refractivity contribution in [3.8, 4) is 5.75 Å². The van der Waals surface area contributed by atoms with E-state index in [4.69, 9.17) is 4.74 Å². The highest BCUT2D eigenvalue weighted by Crippen LogP contribution is 2.31. The monoisotopic (exact) mass is 385 g/mol. The quantitative estimate of drug-likeness (QED) is 0.653. The first-order chi connectivity index (χ1) is 13.2. The lowest BCUT2D eigenvalue weighted by molar-refractivity contribution is -0.121. The lowest BCUT2D eigenvalue weighted by Gasteiger charge is -2.29. The zero-order valence-electron chi connectivity index (χ0n) is 14.8. The summed E-state index contributed by atoms with van der Waals surface area (Å²) < 4.78 is 6.76. The molecule has 0 bridgehead atoms. The van der Waals surface area contributed by atoms with Crippen molar-refractivity contribution in [1.82, 2.24) is 14.6 Å². The molecule has 4 rings (SSSR count). The van der Waals surface area contributed by atoms with Crippen molar-refractivity contribution in [3.63, 3.8) is 0 Å². The molecule has 8 nitrogen and oxygen atoms in total. The summed E-state index contributed by atoms with van der Waals surface area (Å²) in [6.45, 7) is 3.23. The average molecular weight is 385 g/mol. The minimum atomic E-state index is -0.170. The number of hydrogen-bond acceptors (Lipinski definition) is 7. The number of carbonyl (C=O) groups is 1. The normalized spacial score (nSPS) is 13.5.